The number of hydrogen-bond donors (Lipinski definition) is 2. The Labute approximate surface area is 90.2 Å². The van der Waals surface area contributed by atoms with Gasteiger partial charge < -0.3 is 10.8 Å². The number of aliphatic carboxylic acids is 1. The van der Waals surface area contributed by atoms with Crippen LogP contribution in [0.4, 0.5) is 0 Å². The van der Waals surface area contributed by atoms with Gasteiger partial charge in [-0.25, -0.2) is 4.98 Å². The first-order valence-electron chi connectivity index (χ1n) is 4.43. The summed E-state index contributed by atoms with van der Waals surface area (Å²) in [5, 5.41) is 10.6. The van der Waals surface area contributed by atoms with Crippen LogP contribution in [0, 0.1) is 13.8 Å². The van der Waals surface area contributed by atoms with E-state index in [4.69, 9.17) is 10.8 Å². The van der Waals surface area contributed by atoms with Crippen LogP contribution in [0.2, 0.25) is 0 Å². The molecule has 0 aliphatic carbocycles. The van der Waals surface area contributed by atoms with Crippen LogP contribution in [-0.4, -0.2) is 20.5 Å². The normalized spacial score (nSPS) is 13.3. The summed E-state index contributed by atoms with van der Waals surface area (Å²) in [5.41, 5.74) is 8.01. The maximum absolute atomic E-state index is 10.8. The summed E-state index contributed by atoms with van der Waals surface area (Å²) < 4.78 is 1.80. The molecule has 0 saturated heterocycles. The molecule has 0 radical (unpaired) electrons. The fraction of sp³-hybridized carbons (Fsp3) is 0.333. The Hall–Kier alpha value is -1.40. The number of nitrogens with two attached hydrogens (primary N) is 1. The van der Waals surface area contributed by atoms with Gasteiger partial charge in [0.2, 0.25) is 0 Å². The Morgan fingerprint density at radius 1 is 1.67 bits per heavy atom. The summed E-state index contributed by atoms with van der Waals surface area (Å²) in [7, 11) is 0. The average molecular weight is 225 g/mol. The molecule has 6 heteroatoms. The van der Waals surface area contributed by atoms with Crippen LogP contribution in [0.3, 0.4) is 0 Å². The number of nitrogens with zero attached hydrogens (tertiary/aromatic N) is 2. The third kappa shape index (κ3) is 1.42. The fourth-order valence-corrected chi connectivity index (χ4v) is 2.48. The lowest BCUT2D eigenvalue weighted by Crippen LogP contribution is -2.22. The number of carboxylic acid groups (broad SMARTS) is 1. The maximum atomic E-state index is 10.8. The summed E-state index contributed by atoms with van der Waals surface area (Å²) >= 11 is 1.40. The molecular formula is C9H11N3O2S. The molecule has 0 fully saturated rings. The number of hydrogen-bond acceptors (Lipinski definition) is 4. The van der Waals surface area contributed by atoms with Gasteiger partial charge in [0.05, 0.1) is 11.4 Å². The lowest BCUT2D eigenvalue weighted by molar-refractivity contribution is -0.138. The molecule has 5 nitrogen and oxygen atoms in total. The van der Waals surface area contributed by atoms with Crippen LogP contribution in [0.5, 0.6) is 0 Å². The zero-order valence-corrected chi connectivity index (χ0v) is 9.21. The Balaban J connectivity index is 2.66. The van der Waals surface area contributed by atoms with Crippen molar-refractivity contribution in [2.24, 2.45) is 5.73 Å². The van der Waals surface area contributed by atoms with E-state index in [0.717, 1.165) is 16.3 Å². The summed E-state index contributed by atoms with van der Waals surface area (Å²) in [6, 6.07) is -0.994. The van der Waals surface area contributed by atoms with Gasteiger partial charge in [-0.3, -0.25) is 9.20 Å². The molecule has 0 aliphatic heterocycles. The van der Waals surface area contributed by atoms with Gasteiger partial charge in [0.1, 0.15) is 6.04 Å². The second kappa shape index (κ2) is 3.32. The van der Waals surface area contributed by atoms with Crippen LogP contribution in [0.15, 0.2) is 5.38 Å². The third-order valence-corrected chi connectivity index (χ3v) is 3.29. The highest BCUT2D eigenvalue weighted by molar-refractivity contribution is 7.15. The quantitative estimate of drug-likeness (QED) is 0.801. The Bertz CT molecular complexity index is 529. The first-order valence-corrected chi connectivity index (χ1v) is 5.31. The van der Waals surface area contributed by atoms with E-state index in [1.54, 1.807) is 9.78 Å². The number of thiazole rings is 1. The van der Waals surface area contributed by atoms with Crippen LogP contribution in [-0.2, 0) is 4.79 Å². The van der Waals surface area contributed by atoms with Gasteiger partial charge >= 0.3 is 5.97 Å². The minimum absolute atomic E-state index is 0.584. The molecule has 0 aromatic carbocycles. The third-order valence-electron chi connectivity index (χ3n) is 2.44. The number of carbonyl (C=O) groups is 1. The van der Waals surface area contributed by atoms with Crippen molar-refractivity contribution < 1.29 is 9.90 Å². The second-order valence-corrected chi connectivity index (χ2v) is 4.21. The zero-order chi connectivity index (χ0) is 11.2. The van der Waals surface area contributed by atoms with E-state index < -0.39 is 12.0 Å². The van der Waals surface area contributed by atoms with Crippen LogP contribution in [0.25, 0.3) is 4.96 Å². The van der Waals surface area contributed by atoms with Crippen LogP contribution in [0.1, 0.15) is 23.1 Å². The highest BCUT2D eigenvalue weighted by atomic mass is 32.1. The number of carboxylic acids is 1. The van der Waals surface area contributed by atoms with Crippen molar-refractivity contribution in [2.75, 3.05) is 0 Å². The Morgan fingerprint density at radius 3 is 2.93 bits per heavy atom. The molecule has 0 aliphatic rings. The Morgan fingerprint density at radius 2 is 2.33 bits per heavy atom. The minimum atomic E-state index is -1.03. The van der Waals surface area contributed by atoms with Gasteiger partial charge in [-0.1, -0.05) is 0 Å². The van der Waals surface area contributed by atoms with Gasteiger partial charge in [0.15, 0.2) is 4.96 Å². The van der Waals surface area contributed by atoms with Gasteiger partial charge in [0, 0.05) is 11.1 Å². The molecule has 15 heavy (non-hydrogen) atoms. The molecule has 3 N–H and O–H groups in total. The molecule has 80 valence electrons. The van der Waals surface area contributed by atoms with Crippen LogP contribution < -0.4 is 5.73 Å². The summed E-state index contributed by atoms with van der Waals surface area (Å²) in [6.07, 6.45) is 0. The largest absolute Gasteiger partial charge is 0.480 e. The van der Waals surface area contributed by atoms with Crippen molar-refractivity contribution in [1.29, 1.82) is 0 Å². The van der Waals surface area contributed by atoms with Crippen molar-refractivity contribution in [3.8, 4) is 0 Å². The van der Waals surface area contributed by atoms with E-state index in [0.29, 0.717) is 5.69 Å². The standard InChI is InChI=1S/C9H11N3O2S/c1-4-5(2)12-6(7(10)8(13)14)3-15-9(12)11-4/h3,7H,10H2,1-2H3,(H,13,14). The highest BCUT2D eigenvalue weighted by Crippen LogP contribution is 2.23. The number of fused-ring (bicyclic) bond motifs is 1. The van der Waals surface area contributed by atoms with Crippen LogP contribution >= 0.6 is 11.3 Å². The predicted octanol–water partition coefficient (Wildman–Crippen LogP) is 1.10. The summed E-state index contributed by atoms with van der Waals surface area (Å²) in [5.74, 6) is -1.03. The lowest BCUT2D eigenvalue weighted by atomic mass is 10.2. The van der Waals surface area contributed by atoms with E-state index in [-0.39, 0.29) is 0 Å². The molecule has 2 aromatic rings. The van der Waals surface area contributed by atoms with Crippen molar-refractivity contribution >= 4 is 22.3 Å². The smallest absolute Gasteiger partial charge is 0.326 e. The molecule has 2 rings (SSSR count). The number of aromatic nitrogens is 2. The molecule has 0 spiro atoms. The van der Waals surface area contributed by atoms with Gasteiger partial charge in [-0.2, -0.15) is 0 Å². The highest BCUT2D eigenvalue weighted by Gasteiger charge is 2.20. The molecule has 0 amide bonds. The number of rotatable bonds is 2. The van der Waals surface area contributed by atoms with E-state index in [1.165, 1.54) is 11.3 Å². The van der Waals surface area contributed by atoms with Gasteiger partial charge in [0.25, 0.3) is 0 Å². The predicted molar refractivity (Wildman–Crippen MR) is 57.1 cm³/mol. The monoisotopic (exact) mass is 225 g/mol. The second-order valence-electron chi connectivity index (χ2n) is 3.38. The van der Waals surface area contributed by atoms with E-state index in [1.807, 2.05) is 13.8 Å². The van der Waals surface area contributed by atoms with Crippen molar-refractivity contribution in [3.05, 3.63) is 22.5 Å². The minimum Gasteiger partial charge on any atom is -0.480 e. The molecule has 0 saturated carbocycles. The topological polar surface area (TPSA) is 80.6 Å². The van der Waals surface area contributed by atoms with Gasteiger partial charge in [-0.15, -0.1) is 11.3 Å². The lowest BCUT2D eigenvalue weighted by Gasteiger charge is -2.05. The molecule has 1 unspecified atom stereocenters. The summed E-state index contributed by atoms with van der Waals surface area (Å²) in [4.78, 5) is 15.9. The molecule has 0 bridgehead atoms. The first-order chi connectivity index (χ1) is 7.02. The molecule has 1 atom stereocenters. The SMILES string of the molecule is Cc1nc2scc(C(N)C(=O)O)n2c1C. The average Bonchev–Trinajstić information content (AvgIpc) is 2.68. The summed E-state index contributed by atoms with van der Waals surface area (Å²) in [6.45, 7) is 3.80. The Kier molecular flexibility index (Phi) is 2.24. The number of imidazole rings is 1. The molecule has 2 aromatic heterocycles. The van der Waals surface area contributed by atoms with Crippen molar-refractivity contribution in [3.63, 3.8) is 0 Å². The fourth-order valence-electron chi connectivity index (χ4n) is 1.47. The van der Waals surface area contributed by atoms with E-state index in [9.17, 15) is 4.79 Å². The molecular weight excluding hydrogens is 214 g/mol. The van der Waals surface area contributed by atoms with Crippen molar-refractivity contribution in [1.82, 2.24) is 9.38 Å². The zero-order valence-electron chi connectivity index (χ0n) is 8.39. The maximum Gasteiger partial charge on any atom is 0.326 e. The van der Waals surface area contributed by atoms with Crippen molar-refractivity contribution in [2.45, 2.75) is 19.9 Å². The first kappa shape index (κ1) is 10.1. The van der Waals surface area contributed by atoms with E-state index in [2.05, 4.69) is 4.98 Å². The molecule has 2 heterocycles. The van der Waals surface area contributed by atoms with E-state index >= 15 is 0 Å². The van der Waals surface area contributed by atoms with Gasteiger partial charge in [-0.05, 0) is 13.8 Å². The number of aryl methyl sites for hydroxylation is 2.